The fourth-order valence-corrected chi connectivity index (χ4v) is 5.64. The molecule has 45 heavy (non-hydrogen) atoms. The molecule has 1 aliphatic rings. The summed E-state index contributed by atoms with van der Waals surface area (Å²) in [5, 5.41) is 7.64. The van der Waals surface area contributed by atoms with Crippen LogP contribution in [0.4, 0.5) is 23.7 Å². The summed E-state index contributed by atoms with van der Waals surface area (Å²) in [5.74, 6) is 0.379. The number of halogens is 3. The predicted octanol–water partition coefficient (Wildman–Crippen LogP) is 7.21. The van der Waals surface area contributed by atoms with E-state index in [0.717, 1.165) is 27.9 Å². The summed E-state index contributed by atoms with van der Waals surface area (Å²) in [6.07, 6.45) is -3.29. The van der Waals surface area contributed by atoms with Crippen LogP contribution in [-0.4, -0.2) is 50.5 Å². The van der Waals surface area contributed by atoms with Crippen molar-refractivity contribution in [3.05, 3.63) is 89.7 Å². The van der Waals surface area contributed by atoms with Crippen LogP contribution in [0.25, 0.3) is 17.1 Å². The van der Waals surface area contributed by atoms with Crippen molar-refractivity contribution in [2.75, 3.05) is 17.2 Å². The molecule has 1 aliphatic heterocycles. The molecule has 4 aromatic rings. The first kappa shape index (κ1) is 31.8. The fourth-order valence-electron chi connectivity index (χ4n) is 4.78. The van der Waals surface area contributed by atoms with Gasteiger partial charge in [0.15, 0.2) is 11.0 Å². The van der Waals surface area contributed by atoms with Crippen LogP contribution >= 0.6 is 11.8 Å². The third kappa shape index (κ3) is 7.72. The van der Waals surface area contributed by atoms with Gasteiger partial charge in [0.2, 0.25) is 5.91 Å². The van der Waals surface area contributed by atoms with Gasteiger partial charge in [0.05, 0.1) is 17.1 Å². The maximum absolute atomic E-state index is 12.8. The van der Waals surface area contributed by atoms with E-state index in [9.17, 15) is 22.8 Å². The summed E-state index contributed by atoms with van der Waals surface area (Å²) in [5.41, 5.74) is 5.03. The van der Waals surface area contributed by atoms with Crippen LogP contribution in [0.5, 0.6) is 5.75 Å². The molecule has 234 valence electrons. The highest BCUT2D eigenvalue weighted by molar-refractivity contribution is 8.15. The Kier molecular flexibility index (Phi) is 9.28. The van der Waals surface area contributed by atoms with E-state index in [2.05, 4.69) is 39.0 Å². The quantitative estimate of drug-likeness (QED) is 0.219. The summed E-state index contributed by atoms with van der Waals surface area (Å²) in [7, 11) is 0. The van der Waals surface area contributed by atoms with Gasteiger partial charge in [-0.05, 0) is 65.8 Å². The lowest BCUT2D eigenvalue weighted by Crippen LogP contribution is -2.33. The summed E-state index contributed by atoms with van der Waals surface area (Å²) in [4.78, 5) is 35.7. The number of aromatic nitrogens is 3. The number of aliphatic imine (C=N–C) groups is 1. The third-order valence-corrected chi connectivity index (χ3v) is 8.06. The minimum Gasteiger partial charge on any atom is -0.406 e. The van der Waals surface area contributed by atoms with Crippen molar-refractivity contribution in [3.63, 3.8) is 0 Å². The molecular weight excluding hydrogens is 605 g/mol. The van der Waals surface area contributed by atoms with Crippen LogP contribution in [0.2, 0.25) is 0 Å². The highest BCUT2D eigenvalue weighted by Gasteiger charge is 2.33. The molecule has 0 saturated carbocycles. The van der Waals surface area contributed by atoms with Crippen LogP contribution in [0.15, 0.2) is 78.0 Å². The van der Waals surface area contributed by atoms with Gasteiger partial charge in [-0.1, -0.05) is 68.9 Å². The number of hydrogen-bond donors (Lipinski definition) is 1. The second-order valence-corrected chi connectivity index (χ2v) is 11.8. The molecule has 1 aromatic heterocycles. The number of benzene rings is 3. The predicted molar refractivity (Wildman–Crippen MR) is 168 cm³/mol. The van der Waals surface area contributed by atoms with E-state index in [-0.39, 0.29) is 29.2 Å². The number of carbonyl (C=O) groups excluding carboxylic acids is 2. The normalized spacial score (nSPS) is 15.2. The number of urea groups is 1. The smallest absolute Gasteiger partial charge is 0.406 e. The van der Waals surface area contributed by atoms with E-state index in [0.29, 0.717) is 23.2 Å². The summed E-state index contributed by atoms with van der Waals surface area (Å²) >= 11 is 1.25. The van der Waals surface area contributed by atoms with E-state index in [1.165, 1.54) is 47.0 Å². The molecule has 3 aromatic carbocycles. The zero-order chi connectivity index (χ0) is 32.3. The van der Waals surface area contributed by atoms with Crippen molar-refractivity contribution in [1.82, 2.24) is 20.1 Å². The van der Waals surface area contributed by atoms with Crippen molar-refractivity contribution in [2.24, 2.45) is 4.99 Å². The Morgan fingerprint density at radius 3 is 2.44 bits per heavy atom. The molecule has 9 nitrogen and oxygen atoms in total. The van der Waals surface area contributed by atoms with Gasteiger partial charge in [-0.15, -0.1) is 18.3 Å². The Labute approximate surface area is 262 Å². The van der Waals surface area contributed by atoms with Crippen LogP contribution in [0.1, 0.15) is 49.3 Å². The maximum Gasteiger partial charge on any atom is 0.573 e. The average molecular weight is 637 g/mol. The van der Waals surface area contributed by atoms with Gasteiger partial charge < -0.3 is 10.1 Å². The highest BCUT2D eigenvalue weighted by Crippen LogP contribution is 2.34. The van der Waals surface area contributed by atoms with Crippen molar-refractivity contribution < 1.29 is 27.5 Å². The molecule has 1 N–H and O–H groups in total. The number of nitrogens with one attached hydrogen (secondary N) is 1. The van der Waals surface area contributed by atoms with Crippen molar-refractivity contribution in [2.45, 2.75) is 45.9 Å². The number of thioether (sulfide) groups is 1. The molecule has 1 unspecified atom stereocenters. The van der Waals surface area contributed by atoms with E-state index in [4.69, 9.17) is 0 Å². The monoisotopic (exact) mass is 636 g/mol. The molecule has 0 bridgehead atoms. The standard InChI is InChI=1S/C32H31F3N6O3S/c1-19(2)26-14-5-20(3)15-27(26)41-28(42)17-45-31(41)38-30(43)36-16-21(4)22-6-8-23(9-7-22)29-37-18-40(39-29)24-10-12-25(13-11-24)44-32(33,34)35/h5-15,18-19,21H,16-17H2,1-4H3,(H,36,43)/b38-31+. The second-order valence-electron chi connectivity index (χ2n) is 10.9. The van der Waals surface area contributed by atoms with Gasteiger partial charge in [0.25, 0.3) is 0 Å². The first-order valence-electron chi connectivity index (χ1n) is 14.2. The maximum atomic E-state index is 12.8. The van der Waals surface area contributed by atoms with Crippen molar-refractivity contribution in [1.29, 1.82) is 0 Å². The van der Waals surface area contributed by atoms with Crippen molar-refractivity contribution >= 4 is 34.6 Å². The second kappa shape index (κ2) is 13.1. The van der Waals surface area contributed by atoms with E-state index in [1.54, 1.807) is 4.90 Å². The molecule has 3 amide bonds. The topological polar surface area (TPSA) is 102 Å². The molecular formula is C32H31F3N6O3S. The van der Waals surface area contributed by atoms with Crippen LogP contribution in [0.3, 0.4) is 0 Å². The average Bonchev–Trinajstić information content (AvgIpc) is 3.62. The molecule has 1 saturated heterocycles. The number of aryl methyl sites for hydroxylation is 1. The number of amidine groups is 1. The van der Waals surface area contributed by atoms with Gasteiger partial charge >= 0.3 is 12.4 Å². The summed E-state index contributed by atoms with van der Waals surface area (Å²) in [6.45, 7) is 8.39. The third-order valence-electron chi connectivity index (χ3n) is 7.14. The minimum absolute atomic E-state index is 0.0376. The number of ether oxygens (including phenoxy) is 1. The Morgan fingerprint density at radius 1 is 1.07 bits per heavy atom. The highest BCUT2D eigenvalue weighted by atomic mass is 32.2. The van der Waals surface area contributed by atoms with Gasteiger partial charge in [0.1, 0.15) is 12.1 Å². The Morgan fingerprint density at radius 2 is 1.78 bits per heavy atom. The first-order chi connectivity index (χ1) is 21.4. The summed E-state index contributed by atoms with van der Waals surface area (Å²) in [6, 6.07) is 18.3. The van der Waals surface area contributed by atoms with Gasteiger partial charge in [-0.3, -0.25) is 9.69 Å². The van der Waals surface area contributed by atoms with Gasteiger partial charge in [-0.25, -0.2) is 14.5 Å². The van der Waals surface area contributed by atoms with E-state index in [1.807, 2.05) is 56.3 Å². The SMILES string of the molecule is Cc1ccc(C(C)C)c(N2C(=O)CS/C2=N/C(=O)NCC(C)c2ccc(-c3ncn(-c4ccc(OC(F)(F)F)cc4)n3)cc2)c1. The zero-order valence-electron chi connectivity index (χ0n) is 25.0. The van der Waals surface area contributed by atoms with E-state index >= 15 is 0 Å². The largest absolute Gasteiger partial charge is 0.573 e. The molecule has 0 radical (unpaired) electrons. The van der Waals surface area contributed by atoms with E-state index < -0.39 is 12.4 Å². The number of anilines is 1. The Hall–Kier alpha value is -4.65. The molecule has 1 atom stereocenters. The lowest BCUT2D eigenvalue weighted by molar-refractivity contribution is -0.274. The lowest BCUT2D eigenvalue weighted by Gasteiger charge is -2.22. The lowest BCUT2D eigenvalue weighted by atomic mass is 9.99. The molecule has 0 aliphatic carbocycles. The molecule has 5 rings (SSSR count). The van der Waals surface area contributed by atoms with Crippen LogP contribution < -0.4 is 15.0 Å². The number of carbonyl (C=O) groups is 2. The fraction of sp³-hybridized carbons (Fsp3) is 0.281. The molecule has 13 heteroatoms. The number of rotatable bonds is 8. The number of alkyl halides is 3. The van der Waals surface area contributed by atoms with Crippen LogP contribution in [0, 0.1) is 6.92 Å². The molecule has 0 spiro atoms. The molecule has 1 fully saturated rings. The Bertz CT molecular complexity index is 1720. The van der Waals surface area contributed by atoms with Crippen molar-refractivity contribution in [3.8, 4) is 22.8 Å². The zero-order valence-corrected chi connectivity index (χ0v) is 25.8. The Balaban J connectivity index is 1.20. The van der Waals surface area contributed by atoms with Crippen LogP contribution in [-0.2, 0) is 4.79 Å². The molecule has 2 heterocycles. The first-order valence-corrected chi connectivity index (χ1v) is 15.2. The number of hydrogen-bond acceptors (Lipinski definition) is 6. The van der Waals surface area contributed by atoms with Gasteiger partial charge in [-0.2, -0.15) is 4.99 Å². The summed E-state index contributed by atoms with van der Waals surface area (Å²) < 4.78 is 42.6. The number of amides is 3. The number of nitrogens with zero attached hydrogens (tertiary/aromatic N) is 5. The van der Waals surface area contributed by atoms with Gasteiger partial charge in [0, 0.05) is 12.1 Å². The minimum atomic E-state index is -4.76.